The number of ether oxygens (including phenoxy) is 3. The number of carbonyl (C=O) groups is 2. The molecule has 2 N–H and O–H groups in total. The van der Waals surface area contributed by atoms with Crippen LogP contribution in [0.25, 0.3) is 11.2 Å². The summed E-state index contributed by atoms with van der Waals surface area (Å²) in [7, 11) is -4.01. The normalized spacial score (nSPS) is 15.6. The Morgan fingerprint density at radius 2 is 1.62 bits per heavy atom. The average molecular weight is 614 g/mol. The summed E-state index contributed by atoms with van der Waals surface area (Å²) in [5.41, 5.74) is -0.392. The highest BCUT2D eigenvalue weighted by molar-refractivity contribution is 7.53. The van der Waals surface area contributed by atoms with Gasteiger partial charge in [-0.2, -0.15) is 0 Å². The lowest BCUT2D eigenvalue weighted by atomic mass is 9.98. The van der Waals surface area contributed by atoms with Gasteiger partial charge in [-0.25, -0.2) is 15.0 Å². The van der Waals surface area contributed by atoms with Crippen molar-refractivity contribution >= 4 is 36.5 Å². The van der Waals surface area contributed by atoms with Crippen LogP contribution in [0.5, 0.6) is 0 Å². The number of fused-ring (bicyclic) bond motifs is 1. The minimum absolute atomic E-state index is 0.0590. The van der Waals surface area contributed by atoms with Gasteiger partial charge in [0.1, 0.15) is 18.2 Å². The van der Waals surface area contributed by atoms with E-state index >= 15 is 0 Å². The molecule has 1 saturated carbocycles. The van der Waals surface area contributed by atoms with E-state index in [1.807, 2.05) is 0 Å². The Balaban J connectivity index is 1.59. The third kappa shape index (κ3) is 9.70. The van der Waals surface area contributed by atoms with Crippen LogP contribution in [0, 0.1) is 10.8 Å². The standard InChI is InChI=1S/C27H44N5O9P/c1-26(2,3)24(34)38-16-40-42(36,41-17-39-25(35)27(4,5)6)18-37-12-11-20(13-33)32-15-30-21-22(28-14-29-23(21)32)31-19-9-7-8-10-19/h14-15,19-20,33H,7-13,16-18H2,1-6H3,(H,28,29,31). The molecule has 1 aliphatic carbocycles. The number of aliphatic hydroxyl groups is 1. The largest absolute Gasteiger partial charge is 0.438 e. The highest BCUT2D eigenvalue weighted by atomic mass is 31.2. The molecule has 1 fully saturated rings. The second-order valence-corrected chi connectivity index (χ2v) is 14.3. The molecule has 0 amide bonds. The molecular weight excluding hydrogens is 569 g/mol. The van der Waals surface area contributed by atoms with Crippen LogP contribution in [-0.4, -0.2) is 75.8 Å². The minimum Gasteiger partial charge on any atom is -0.438 e. The van der Waals surface area contributed by atoms with Gasteiger partial charge in [0, 0.05) is 12.6 Å². The molecule has 0 spiro atoms. The second kappa shape index (κ2) is 14.7. The van der Waals surface area contributed by atoms with Crippen LogP contribution in [0.15, 0.2) is 12.7 Å². The molecule has 15 heteroatoms. The van der Waals surface area contributed by atoms with Crippen LogP contribution in [-0.2, 0) is 37.4 Å². The van der Waals surface area contributed by atoms with Gasteiger partial charge in [0.05, 0.1) is 29.8 Å². The van der Waals surface area contributed by atoms with Crippen LogP contribution in [0.4, 0.5) is 5.82 Å². The zero-order chi connectivity index (χ0) is 31.0. The van der Waals surface area contributed by atoms with E-state index in [0.717, 1.165) is 12.8 Å². The molecule has 236 valence electrons. The molecule has 0 aromatic carbocycles. The van der Waals surface area contributed by atoms with Gasteiger partial charge < -0.3 is 29.2 Å². The van der Waals surface area contributed by atoms with Gasteiger partial charge in [-0.1, -0.05) is 12.8 Å². The van der Waals surface area contributed by atoms with E-state index in [1.165, 1.54) is 19.2 Å². The predicted molar refractivity (Wildman–Crippen MR) is 153 cm³/mol. The number of carbonyl (C=O) groups excluding carboxylic acids is 2. The Kier molecular flexibility index (Phi) is 11.8. The van der Waals surface area contributed by atoms with Gasteiger partial charge in [-0.3, -0.25) is 23.2 Å². The number of nitrogens with zero attached hydrogens (tertiary/aromatic N) is 4. The highest BCUT2D eigenvalue weighted by Crippen LogP contribution is 2.48. The number of imidazole rings is 1. The zero-order valence-corrected chi connectivity index (χ0v) is 26.2. The van der Waals surface area contributed by atoms with E-state index < -0.39 is 56.3 Å². The monoisotopic (exact) mass is 613 g/mol. The topological polar surface area (TPSA) is 173 Å². The smallest absolute Gasteiger partial charge is 0.361 e. The first-order valence-corrected chi connectivity index (χ1v) is 15.8. The molecule has 14 nitrogen and oxygen atoms in total. The molecule has 1 aliphatic rings. The van der Waals surface area contributed by atoms with Crippen molar-refractivity contribution in [3.05, 3.63) is 12.7 Å². The molecule has 0 radical (unpaired) electrons. The van der Waals surface area contributed by atoms with Crippen molar-refractivity contribution in [3.8, 4) is 0 Å². The number of nitrogens with one attached hydrogen (secondary N) is 1. The van der Waals surface area contributed by atoms with Gasteiger partial charge >= 0.3 is 19.5 Å². The van der Waals surface area contributed by atoms with Crippen molar-refractivity contribution in [2.45, 2.75) is 85.7 Å². The van der Waals surface area contributed by atoms with Crippen molar-refractivity contribution < 1.29 is 42.5 Å². The summed E-state index contributed by atoms with van der Waals surface area (Å²) in [5, 5.41) is 13.6. The Morgan fingerprint density at radius 3 is 2.17 bits per heavy atom. The molecule has 42 heavy (non-hydrogen) atoms. The van der Waals surface area contributed by atoms with E-state index in [9.17, 15) is 19.3 Å². The van der Waals surface area contributed by atoms with E-state index in [1.54, 1.807) is 52.4 Å². The Labute approximate surface area is 246 Å². The maximum absolute atomic E-state index is 13.3. The first-order chi connectivity index (χ1) is 19.7. The van der Waals surface area contributed by atoms with E-state index in [-0.39, 0.29) is 13.2 Å². The molecule has 0 saturated heterocycles. The van der Waals surface area contributed by atoms with Crippen LogP contribution < -0.4 is 5.32 Å². The molecule has 2 aromatic rings. The molecule has 0 aliphatic heterocycles. The lowest BCUT2D eigenvalue weighted by molar-refractivity contribution is -0.162. The Bertz CT molecular complexity index is 1200. The minimum atomic E-state index is -4.01. The summed E-state index contributed by atoms with van der Waals surface area (Å²) in [5.74, 6) is -0.455. The number of hydrogen-bond acceptors (Lipinski definition) is 13. The van der Waals surface area contributed by atoms with Crippen molar-refractivity contribution in [1.29, 1.82) is 0 Å². The summed E-state index contributed by atoms with van der Waals surface area (Å²) < 4.78 is 41.4. The molecule has 3 rings (SSSR count). The number of esters is 2. The number of aromatic nitrogens is 4. The first-order valence-electron chi connectivity index (χ1n) is 14.1. The van der Waals surface area contributed by atoms with Crippen LogP contribution in [0.1, 0.15) is 79.7 Å². The van der Waals surface area contributed by atoms with Gasteiger partial charge in [0.2, 0.25) is 13.6 Å². The number of rotatable bonds is 15. The third-order valence-electron chi connectivity index (χ3n) is 6.61. The van der Waals surface area contributed by atoms with Crippen molar-refractivity contribution in [2.75, 3.05) is 38.5 Å². The maximum Gasteiger partial charge on any atom is 0.361 e. The quantitative estimate of drug-likeness (QED) is 0.125. The highest BCUT2D eigenvalue weighted by Gasteiger charge is 2.31. The van der Waals surface area contributed by atoms with Gasteiger partial charge in [0.15, 0.2) is 11.5 Å². The van der Waals surface area contributed by atoms with Crippen LogP contribution in [0.3, 0.4) is 0 Å². The second-order valence-electron chi connectivity index (χ2n) is 12.3. The number of anilines is 1. The maximum atomic E-state index is 13.3. The molecule has 2 heterocycles. The molecule has 1 unspecified atom stereocenters. The number of hydrogen-bond donors (Lipinski definition) is 2. The SMILES string of the molecule is CC(C)(C)C(=O)OCOP(=O)(COCCC(CO)n1cnc2c(NC3CCCC3)ncnc21)OCOC(=O)C(C)(C)C. The van der Waals surface area contributed by atoms with E-state index in [4.69, 9.17) is 23.3 Å². The fraction of sp³-hybridized carbons (Fsp3) is 0.741. The van der Waals surface area contributed by atoms with Crippen molar-refractivity contribution in [3.63, 3.8) is 0 Å². The Hall–Kier alpha value is -2.64. The van der Waals surface area contributed by atoms with E-state index in [0.29, 0.717) is 29.4 Å². The lowest BCUT2D eigenvalue weighted by Gasteiger charge is -2.22. The summed E-state index contributed by atoms with van der Waals surface area (Å²) in [4.78, 5) is 37.4. The predicted octanol–water partition coefficient (Wildman–Crippen LogP) is 4.40. The summed E-state index contributed by atoms with van der Waals surface area (Å²) in [6.45, 7) is 8.56. The van der Waals surface area contributed by atoms with Crippen molar-refractivity contribution in [1.82, 2.24) is 19.5 Å². The van der Waals surface area contributed by atoms with Crippen molar-refractivity contribution in [2.24, 2.45) is 10.8 Å². The van der Waals surface area contributed by atoms with E-state index in [2.05, 4.69) is 20.3 Å². The lowest BCUT2D eigenvalue weighted by Crippen LogP contribution is -2.25. The fourth-order valence-electron chi connectivity index (χ4n) is 4.07. The van der Waals surface area contributed by atoms with Crippen LogP contribution in [0.2, 0.25) is 0 Å². The Morgan fingerprint density at radius 1 is 1.02 bits per heavy atom. The van der Waals surface area contributed by atoms with Gasteiger partial charge in [0.25, 0.3) is 0 Å². The summed E-state index contributed by atoms with van der Waals surface area (Å²) in [6, 6.07) is -0.0877. The average Bonchev–Trinajstić information content (AvgIpc) is 3.58. The first kappa shape index (κ1) is 33.9. The third-order valence-corrected chi connectivity index (χ3v) is 8.10. The molecular formula is C27H44N5O9P. The summed E-state index contributed by atoms with van der Waals surface area (Å²) >= 11 is 0. The van der Waals surface area contributed by atoms with Gasteiger partial charge in [-0.05, 0) is 60.8 Å². The number of aliphatic hydroxyl groups excluding tert-OH is 1. The molecule has 2 aromatic heterocycles. The molecule has 1 atom stereocenters. The fourth-order valence-corrected chi connectivity index (χ4v) is 5.07. The van der Waals surface area contributed by atoms with Crippen LogP contribution >= 0.6 is 7.60 Å². The summed E-state index contributed by atoms with van der Waals surface area (Å²) in [6.07, 6.45) is 7.40. The zero-order valence-electron chi connectivity index (χ0n) is 25.3. The van der Waals surface area contributed by atoms with Gasteiger partial charge in [-0.15, -0.1) is 0 Å². The molecule has 0 bridgehead atoms.